The van der Waals surface area contributed by atoms with E-state index in [0.29, 0.717) is 0 Å². The Kier molecular flexibility index (Phi) is 3.66. The molecule has 0 bridgehead atoms. The van der Waals surface area contributed by atoms with Gasteiger partial charge in [-0.3, -0.25) is 5.41 Å². The lowest BCUT2D eigenvalue weighted by molar-refractivity contribution is 0.380. The molecule has 0 aliphatic carbocycles. The molecule has 1 saturated heterocycles. The molecule has 2 rings (SSSR count). The third-order valence-corrected chi connectivity index (χ3v) is 2.94. The number of piperazine rings is 1. The van der Waals surface area contributed by atoms with Crippen molar-refractivity contribution in [3.63, 3.8) is 0 Å². The number of guanidine groups is 2. The molecule has 6 nitrogen and oxygen atoms in total. The zero-order valence-electron chi connectivity index (χ0n) is 10.2. The predicted octanol–water partition coefficient (Wildman–Crippen LogP) is 0.0168. The lowest BCUT2D eigenvalue weighted by Gasteiger charge is -2.36. The molecule has 1 aromatic rings. The molecular weight excluding hydrogens is 228 g/mol. The van der Waals surface area contributed by atoms with Gasteiger partial charge in [-0.05, 0) is 12.1 Å². The fourth-order valence-electron chi connectivity index (χ4n) is 2.01. The Bertz CT molecular complexity index is 429. The maximum Gasteiger partial charge on any atom is 0.221 e. The molecule has 0 radical (unpaired) electrons. The van der Waals surface area contributed by atoms with Crippen molar-refractivity contribution in [3.8, 4) is 0 Å². The molecule has 1 aromatic carbocycles. The summed E-state index contributed by atoms with van der Waals surface area (Å²) < 4.78 is 0. The van der Waals surface area contributed by atoms with E-state index >= 15 is 0 Å². The average Bonchev–Trinajstić information content (AvgIpc) is 2.39. The number of anilines is 1. The normalized spacial score (nSPS) is 15.3. The van der Waals surface area contributed by atoms with Crippen LogP contribution in [0.5, 0.6) is 0 Å². The highest BCUT2D eigenvalue weighted by Crippen LogP contribution is 2.15. The molecule has 0 spiro atoms. The third-order valence-electron chi connectivity index (χ3n) is 2.94. The van der Waals surface area contributed by atoms with Crippen molar-refractivity contribution in [2.75, 3.05) is 31.1 Å². The number of aliphatic imine (C=N–C) groups is 1. The van der Waals surface area contributed by atoms with Gasteiger partial charge in [0.05, 0.1) is 0 Å². The Hall–Kier alpha value is -2.24. The van der Waals surface area contributed by atoms with E-state index in [9.17, 15) is 0 Å². The van der Waals surface area contributed by atoms with Crippen LogP contribution in [0.3, 0.4) is 0 Å². The van der Waals surface area contributed by atoms with E-state index in [1.54, 1.807) is 0 Å². The van der Waals surface area contributed by atoms with Gasteiger partial charge in [0.2, 0.25) is 5.96 Å². The van der Waals surface area contributed by atoms with Gasteiger partial charge < -0.3 is 21.3 Å². The van der Waals surface area contributed by atoms with Gasteiger partial charge in [-0.25, -0.2) is 0 Å². The van der Waals surface area contributed by atoms with E-state index < -0.39 is 0 Å². The SMILES string of the molecule is N=C(N=C(N)N)N1CCN(c2ccccc2)CC1. The summed E-state index contributed by atoms with van der Waals surface area (Å²) in [5, 5.41) is 7.74. The minimum absolute atomic E-state index is 0.0644. The van der Waals surface area contributed by atoms with Crippen LogP contribution in [0.15, 0.2) is 35.3 Å². The van der Waals surface area contributed by atoms with Gasteiger partial charge in [0, 0.05) is 31.9 Å². The maximum absolute atomic E-state index is 7.74. The summed E-state index contributed by atoms with van der Waals surface area (Å²) >= 11 is 0. The summed E-state index contributed by atoms with van der Waals surface area (Å²) in [4.78, 5) is 7.93. The van der Waals surface area contributed by atoms with Crippen molar-refractivity contribution in [1.82, 2.24) is 4.90 Å². The van der Waals surface area contributed by atoms with Gasteiger partial charge in [-0.15, -0.1) is 0 Å². The zero-order chi connectivity index (χ0) is 13.0. The van der Waals surface area contributed by atoms with Crippen LogP contribution in [0, 0.1) is 5.41 Å². The van der Waals surface area contributed by atoms with Crippen LogP contribution < -0.4 is 16.4 Å². The minimum atomic E-state index is -0.0644. The van der Waals surface area contributed by atoms with Gasteiger partial charge >= 0.3 is 0 Å². The average molecular weight is 246 g/mol. The van der Waals surface area contributed by atoms with E-state index in [4.69, 9.17) is 16.9 Å². The molecule has 0 amide bonds. The first-order valence-corrected chi connectivity index (χ1v) is 5.90. The monoisotopic (exact) mass is 246 g/mol. The zero-order valence-corrected chi connectivity index (χ0v) is 10.2. The molecule has 5 N–H and O–H groups in total. The van der Waals surface area contributed by atoms with Gasteiger partial charge in [0.25, 0.3) is 0 Å². The van der Waals surface area contributed by atoms with Crippen molar-refractivity contribution in [2.24, 2.45) is 16.5 Å². The second-order valence-electron chi connectivity index (χ2n) is 4.17. The number of rotatable bonds is 1. The van der Waals surface area contributed by atoms with E-state index in [2.05, 4.69) is 22.0 Å². The molecule has 18 heavy (non-hydrogen) atoms. The largest absolute Gasteiger partial charge is 0.370 e. The number of benzene rings is 1. The van der Waals surface area contributed by atoms with E-state index in [0.717, 1.165) is 26.2 Å². The van der Waals surface area contributed by atoms with Gasteiger partial charge in [-0.1, -0.05) is 18.2 Å². The summed E-state index contributed by atoms with van der Waals surface area (Å²) in [5.41, 5.74) is 11.7. The number of nitrogens with one attached hydrogen (secondary N) is 1. The van der Waals surface area contributed by atoms with Crippen LogP contribution in [0.2, 0.25) is 0 Å². The van der Waals surface area contributed by atoms with Crippen LogP contribution in [0.25, 0.3) is 0 Å². The Balaban J connectivity index is 1.93. The number of para-hydroxylation sites is 1. The predicted molar refractivity (Wildman–Crippen MR) is 73.8 cm³/mol. The first-order valence-electron chi connectivity index (χ1n) is 5.90. The maximum atomic E-state index is 7.74. The van der Waals surface area contributed by atoms with Gasteiger partial charge in [0.15, 0.2) is 5.96 Å². The minimum Gasteiger partial charge on any atom is -0.370 e. The third kappa shape index (κ3) is 2.91. The first kappa shape index (κ1) is 12.2. The van der Waals surface area contributed by atoms with Crippen LogP contribution >= 0.6 is 0 Å². The Morgan fingerprint density at radius 1 is 1.06 bits per heavy atom. The second-order valence-corrected chi connectivity index (χ2v) is 4.17. The van der Waals surface area contributed by atoms with E-state index in [1.807, 2.05) is 23.1 Å². The van der Waals surface area contributed by atoms with Crippen LogP contribution in [-0.4, -0.2) is 43.0 Å². The molecule has 0 unspecified atom stereocenters. The highest BCUT2D eigenvalue weighted by molar-refractivity contribution is 5.91. The highest BCUT2D eigenvalue weighted by atomic mass is 15.3. The fraction of sp³-hybridized carbons (Fsp3) is 0.333. The molecule has 1 aliphatic heterocycles. The summed E-state index contributed by atoms with van der Waals surface area (Å²) in [6.45, 7) is 3.24. The van der Waals surface area contributed by atoms with Gasteiger partial charge in [0.1, 0.15) is 0 Å². The highest BCUT2D eigenvalue weighted by Gasteiger charge is 2.18. The van der Waals surface area contributed by atoms with Crippen LogP contribution in [0.1, 0.15) is 0 Å². The summed E-state index contributed by atoms with van der Waals surface area (Å²) in [6, 6.07) is 10.3. The smallest absolute Gasteiger partial charge is 0.221 e. The Morgan fingerprint density at radius 2 is 1.67 bits per heavy atom. The molecule has 96 valence electrons. The van der Waals surface area contributed by atoms with Crippen molar-refractivity contribution in [3.05, 3.63) is 30.3 Å². The molecule has 1 fully saturated rings. The molecule has 1 aliphatic rings. The molecule has 1 heterocycles. The van der Waals surface area contributed by atoms with Crippen LogP contribution in [0.4, 0.5) is 5.69 Å². The molecule has 0 atom stereocenters. The number of nitrogens with zero attached hydrogens (tertiary/aromatic N) is 3. The number of hydrogen-bond donors (Lipinski definition) is 3. The van der Waals surface area contributed by atoms with Crippen molar-refractivity contribution in [1.29, 1.82) is 5.41 Å². The van der Waals surface area contributed by atoms with E-state index in [1.165, 1.54) is 5.69 Å². The lowest BCUT2D eigenvalue weighted by Crippen LogP contribution is -2.48. The summed E-state index contributed by atoms with van der Waals surface area (Å²) in [5.74, 6) is 0.0770. The number of nitrogens with two attached hydrogens (primary N) is 2. The topological polar surface area (TPSA) is 94.7 Å². The van der Waals surface area contributed by atoms with Crippen LogP contribution in [-0.2, 0) is 0 Å². The lowest BCUT2D eigenvalue weighted by atomic mass is 10.2. The second kappa shape index (κ2) is 5.39. The summed E-state index contributed by atoms with van der Waals surface area (Å²) in [7, 11) is 0. The van der Waals surface area contributed by atoms with Gasteiger partial charge in [-0.2, -0.15) is 4.99 Å². The van der Waals surface area contributed by atoms with Crippen molar-refractivity contribution < 1.29 is 0 Å². The quantitative estimate of drug-likeness (QED) is 0.481. The molecular formula is C12H18N6. The standard InChI is InChI=1S/C12H18N6/c13-11(14)16-12(15)18-8-6-17(7-9-18)10-4-2-1-3-5-10/h1-5H,6-9H2,(H5,13,14,15,16). The summed E-state index contributed by atoms with van der Waals surface area (Å²) in [6.07, 6.45) is 0. The van der Waals surface area contributed by atoms with E-state index in [-0.39, 0.29) is 11.9 Å². The molecule has 0 aromatic heterocycles. The Labute approximate surface area is 106 Å². The number of hydrogen-bond acceptors (Lipinski definition) is 2. The fourth-order valence-corrected chi connectivity index (χ4v) is 2.01. The molecule has 0 saturated carbocycles. The Morgan fingerprint density at radius 3 is 2.22 bits per heavy atom. The first-order chi connectivity index (χ1) is 8.66. The van der Waals surface area contributed by atoms with Crippen molar-refractivity contribution >= 4 is 17.6 Å². The van der Waals surface area contributed by atoms with Crippen molar-refractivity contribution in [2.45, 2.75) is 0 Å². The molecule has 6 heteroatoms.